The third-order valence-corrected chi connectivity index (χ3v) is 3.86. The van der Waals surface area contributed by atoms with Crippen LogP contribution in [0.4, 0.5) is 13.2 Å². The quantitative estimate of drug-likeness (QED) is 0.759. The Morgan fingerprint density at radius 1 is 1.38 bits per heavy atom. The Morgan fingerprint density at radius 3 is 2.67 bits per heavy atom. The molecule has 0 fully saturated rings. The van der Waals surface area contributed by atoms with E-state index in [0.717, 1.165) is 18.2 Å². The minimum Gasteiger partial charge on any atom is -0.387 e. The van der Waals surface area contributed by atoms with E-state index in [9.17, 15) is 23.1 Å². The highest BCUT2D eigenvalue weighted by Crippen LogP contribution is 2.34. The van der Waals surface area contributed by atoms with Gasteiger partial charge in [0.05, 0.1) is 17.4 Å². The monoisotopic (exact) mass is 321 g/mol. The predicted octanol–water partition coefficient (Wildman–Crippen LogP) is 3.00. The maximum Gasteiger partial charge on any atom is 0.416 e. The first kappa shape index (κ1) is 17.8. The molecule has 7 heteroatoms. The average molecular weight is 321 g/mol. The number of thioether (sulfide) groups is 1. The van der Waals surface area contributed by atoms with Gasteiger partial charge in [0, 0.05) is 6.54 Å². The first-order valence-electron chi connectivity index (χ1n) is 6.55. The molecule has 0 aliphatic carbocycles. The van der Waals surface area contributed by atoms with E-state index >= 15 is 0 Å². The van der Waals surface area contributed by atoms with Crippen LogP contribution in [-0.4, -0.2) is 29.1 Å². The van der Waals surface area contributed by atoms with Gasteiger partial charge in [-0.3, -0.25) is 4.79 Å². The Morgan fingerprint density at radius 2 is 2.05 bits per heavy atom. The molecular formula is C14H18F3NO2S. The molecule has 3 nitrogen and oxygen atoms in total. The van der Waals surface area contributed by atoms with Gasteiger partial charge in [-0.15, -0.1) is 0 Å². The van der Waals surface area contributed by atoms with Crippen LogP contribution >= 0.6 is 11.8 Å². The zero-order valence-corrected chi connectivity index (χ0v) is 12.4. The summed E-state index contributed by atoms with van der Waals surface area (Å²) in [6, 6.07) is 4.81. The van der Waals surface area contributed by atoms with Crippen LogP contribution in [-0.2, 0) is 11.0 Å². The number of carbonyl (C=O) groups is 1. The van der Waals surface area contributed by atoms with Crippen LogP contribution in [0.15, 0.2) is 24.3 Å². The normalized spacial score (nSPS) is 13.0. The van der Waals surface area contributed by atoms with Gasteiger partial charge in [0.25, 0.3) is 0 Å². The molecule has 0 aromatic heterocycles. The Labute approximate surface area is 125 Å². The predicted molar refractivity (Wildman–Crippen MR) is 77.0 cm³/mol. The Kier molecular flexibility index (Phi) is 7.04. The summed E-state index contributed by atoms with van der Waals surface area (Å²) < 4.78 is 38.4. The van der Waals surface area contributed by atoms with Crippen molar-refractivity contribution < 1.29 is 23.1 Å². The molecule has 0 radical (unpaired) electrons. The standard InChI is InChI=1S/C14H18F3NO2S/c1-2-7-21-9-13(20)18-8-12(19)10-5-3-4-6-11(10)14(15,16)17/h3-6,12,19H,2,7-9H2,1H3,(H,18,20). The number of hydrogen-bond donors (Lipinski definition) is 2. The molecule has 1 unspecified atom stereocenters. The number of amides is 1. The van der Waals surface area contributed by atoms with Crippen molar-refractivity contribution in [2.45, 2.75) is 25.6 Å². The van der Waals surface area contributed by atoms with Gasteiger partial charge in [0.15, 0.2) is 0 Å². The summed E-state index contributed by atoms with van der Waals surface area (Å²) in [5.41, 5.74) is -1.11. The number of carbonyl (C=O) groups excluding carboxylic acids is 1. The van der Waals surface area contributed by atoms with Gasteiger partial charge in [-0.1, -0.05) is 25.1 Å². The zero-order chi connectivity index (χ0) is 15.9. The highest BCUT2D eigenvalue weighted by Gasteiger charge is 2.34. The topological polar surface area (TPSA) is 49.3 Å². The van der Waals surface area contributed by atoms with Gasteiger partial charge in [0.2, 0.25) is 5.91 Å². The van der Waals surface area contributed by atoms with Gasteiger partial charge < -0.3 is 10.4 Å². The van der Waals surface area contributed by atoms with Gasteiger partial charge >= 0.3 is 6.18 Å². The number of aliphatic hydroxyl groups is 1. The van der Waals surface area contributed by atoms with E-state index in [4.69, 9.17) is 0 Å². The molecule has 0 spiro atoms. The molecule has 118 valence electrons. The minimum atomic E-state index is -4.53. The summed E-state index contributed by atoms with van der Waals surface area (Å²) >= 11 is 1.44. The fourth-order valence-corrected chi connectivity index (χ4v) is 2.45. The molecule has 0 saturated carbocycles. The van der Waals surface area contributed by atoms with E-state index in [1.54, 1.807) is 0 Å². The lowest BCUT2D eigenvalue weighted by atomic mass is 10.0. The maximum absolute atomic E-state index is 12.8. The Bertz CT molecular complexity index is 466. The Hall–Kier alpha value is -1.21. The van der Waals surface area contributed by atoms with Crippen LogP contribution in [0.1, 0.15) is 30.6 Å². The fraction of sp³-hybridized carbons (Fsp3) is 0.500. The summed E-state index contributed by atoms with van der Waals surface area (Å²) in [7, 11) is 0. The number of nitrogens with one attached hydrogen (secondary N) is 1. The molecule has 2 N–H and O–H groups in total. The van der Waals surface area contributed by atoms with E-state index in [1.807, 2.05) is 6.92 Å². The van der Waals surface area contributed by atoms with Gasteiger partial charge in [-0.2, -0.15) is 24.9 Å². The first-order chi connectivity index (χ1) is 9.86. The molecule has 0 saturated heterocycles. The molecule has 0 aliphatic rings. The van der Waals surface area contributed by atoms with Crippen molar-refractivity contribution in [1.29, 1.82) is 0 Å². The highest BCUT2D eigenvalue weighted by molar-refractivity contribution is 7.99. The number of hydrogen-bond acceptors (Lipinski definition) is 3. The molecular weight excluding hydrogens is 303 g/mol. The zero-order valence-electron chi connectivity index (χ0n) is 11.6. The van der Waals surface area contributed by atoms with Gasteiger partial charge in [0.1, 0.15) is 0 Å². The van der Waals surface area contributed by atoms with E-state index in [0.29, 0.717) is 0 Å². The lowest BCUT2D eigenvalue weighted by Gasteiger charge is -2.17. The number of rotatable bonds is 7. The number of alkyl halides is 3. The van der Waals surface area contributed by atoms with Crippen molar-refractivity contribution in [3.63, 3.8) is 0 Å². The SMILES string of the molecule is CCCSCC(=O)NCC(O)c1ccccc1C(F)(F)F. The van der Waals surface area contributed by atoms with Crippen molar-refractivity contribution in [1.82, 2.24) is 5.32 Å². The Balaban J connectivity index is 2.60. The van der Waals surface area contributed by atoms with E-state index in [1.165, 1.54) is 30.0 Å². The average Bonchev–Trinajstić information content (AvgIpc) is 2.44. The van der Waals surface area contributed by atoms with Crippen molar-refractivity contribution in [3.8, 4) is 0 Å². The molecule has 1 aromatic rings. The van der Waals surface area contributed by atoms with Crippen LogP contribution < -0.4 is 5.32 Å². The van der Waals surface area contributed by atoms with Crippen LogP contribution in [0, 0.1) is 0 Å². The molecule has 1 rings (SSSR count). The van der Waals surface area contributed by atoms with Gasteiger partial charge in [-0.05, 0) is 23.8 Å². The summed E-state index contributed by atoms with van der Waals surface area (Å²) in [6.45, 7) is 1.75. The third kappa shape index (κ3) is 5.97. The number of aliphatic hydroxyl groups excluding tert-OH is 1. The lowest BCUT2D eigenvalue weighted by molar-refractivity contribution is -0.139. The smallest absolute Gasteiger partial charge is 0.387 e. The second kappa shape index (κ2) is 8.29. The van der Waals surface area contributed by atoms with Crippen molar-refractivity contribution >= 4 is 17.7 Å². The van der Waals surface area contributed by atoms with E-state index in [-0.39, 0.29) is 23.8 Å². The molecule has 1 atom stereocenters. The summed E-state index contributed by atoms with van der Waals surface area (Å²) in [5.74, 6) is 0.783. The molecule has 21 heavy (non-hydrogen) atoms. The molecule has 0 aliphatic heterocycles. The molecule has 1 amide bonds. The maximum atomic E-state index is 12.8. The van der Waals surface area contributed by atoms with Gasteiger partial charge in [-0.25, -0.2) is 0 Å². The van der Waals surface area contributed by atoms with Crippen LogP contribution in [0.3, 0.4) is 0 Å². The van der Waals surface area contributed by atoms with Crippen molar-refractivity contribution in [3.05, 3.63) is 35.4 Å². The fourth-order valence-electron chi connectivity index (χ4n) is 1.73. The molecule has 0 heterocycles. The lowest BCUT2D eigenvalue weighted by Crippen LogP contribution is -2.30. The third-order valence-electron chi connectivity index (χ3n) is 2.70. The molecule has 0 bridgehead atoms. The van der Waals surface area contributed by atoms with Crippen molar-refractivity contribution in [2.75, 3.05) is 18.1 Å². The molecule has 1 aromatic carbocycles. The number of halogens is 3. The second-order valence-corrected chi connectivity index (χ2v) is 5.56. The van der Waals surface area contributed by atoms with Crippen LogP contribution in [0.25, 0.3) is 0 Å². The van der Waals surface area contributed by atoms with E-state index in [2.05, 4.69) is 5.32 Å². The number of benzene rings is 1. The second-order valence-electron chi connectivity index (χ2n) is 4.46. The van der Waals surface area contributed by atoms with Crippen LogP contribution in [0.5, 0.6) is 0 Å². The largest absolute Gasteiger partial charge is 0.416 e. The first-order valence-corrected chi connectivity index (χ1v) is 7.70. The van der Waals surface area contributed by atoms with Crippen molar-refractivity contribution in [2.24, 2.45) is 0 Å². The summed E-state index contributed by atoms with van der Waals surface area (Å²) in [5, 5.41) is 12.3. The van der Waals surface area contributed by atoms with E-state index < -0.39 is 17.8 Å². The minimum absolute atomic E-state index is 0.230. The summed E-state index contributed by atoms with van der Waals surface area (Å²) in [4.78, 5) is 11.5. The summed E-state index contributed by atoms with van der Waals surface area (Å²) in [6.07, 6.45) is -4.97. The highest BCUT2D eigenvalue weighted by atomic mass is 32.2. The van der Waals surface area contributed by atoms with Crippen LogP contribution in [0.2, 0.25) is 0 Å².